The molecule has 0 saturated carbocycles. The Morgan fingerprint density at radius 1 is 1.24 bits per heavy atom. The van der Waals surface area contributed by atoms with Crippen molar-refractivity contribution >= 4 is 46.5 Å². The fourth-order valence-electron chi connectivity index (χ4n) is 2.75. The van der Waals surface area contributed by atoms with Gasteiger partial charge in [-0.25, -0.2) is 0 Å². The summed E-state index contributed by atoms with van der Waals surface area (Å²) >= 11 is 2.85. The first-order valence-electron chi connectivity index (χ1n) is 9.84. The van der Waals surface area contributed by atoms with Crippen LogP contribution in [0.3, 0.4) is 0 Å². The molecule has 1 unspecified atom stereocenters. The third-order valence-corrected chi connectivity index (χ3v) is 6.40. The number of aromatic nitrogens is 1. The number of hydrogen-bond donors (Lipinski definition) is 1. The Kier molecular flexibility index (Phi) is 7.77. The number of thiophene rings is 1. The van der Waals surface area contributed by atoms with Crippen molar-refractivity contribution in [3.63, 3.8) is 0 Å². The molecule has 1 N–H and O–H groups in total. The van der Waals surface area contributed by atoms with Crippen LogP contribution >= 0.6 is 22.7 Å². The number of thiazole rings is 1. The molecule has 7 heteroatoms. The molecule has 0 spiro atoms. The van der Waals surface area contributed by atoms with Gasteiger partial charge in [0.25, 0.3) is 5.56 Å². The second-order valence-corrected chi connectivity index (χ2v) is 10.7. The van der Waals surface area contributed by atoms with Crippen LogP contribution in [0, 0.1) is 12.3 Å². The van der Waals surface area contributed by atoms with E-state index in [1.807, 2.05) is 52.8 Å². The minimum Gasteiger partial charge on any atom is -0.352 e. The lowest BCUT2D eigenvalue weighted by atomic mass is 9.91. The number of ketones is 1. The molecule has 158 valence electrons. The van der Waals surface area contributed by atoms with Crippen molar-refractivity contribution < 1.29 is 9.59 Å². The summed E-state index contributed by atoms with van der Waals surface area (Å²) < 4.78 is 2.44. The van der Waals surface area contributed by atoms with Crippen molar-refractivity contribution in [2.24, 2.45) is 5.41 Å². The van der Waals surface area contributed by atoms with E-state index in [0.717, 1.165) is 22.6 Å². The normalized spacial score (nSPS) is 14.3. The number of carbonyl (C=O) groups is 2. The van der Waals surface area contributed by atoms with E-state index in [2.05, 4.69) is 12.2 Å². The number of hydrogen-bond acceptors (Lipinski definition) is 5. The molecular formula is C22H30N2O3S2. The van der Waals surface area contributed by atoms with Gasteiger partial charge in [0.2, 0.25) is 5.91 Å². The predicted octanol–water partition coefficient (Wildman–Crippen LogP) is 2.81. The number of aryl methyl sites for hydroxylation is 1. The van der Waals surface area contributed by atoms with E-state index in [1.165, 1.54) is 22.0 Å². The highest BCUT2D eigenvalue weighted by Gasteiger charge is 2.20. The van der Waals surface area contributed by atoms with Crippen LogP contribution < -0.4 is 20.1 Å². The molecule has 2 heterocycles. The topological polar surface area (TPSA) is 68.2 Å². The maximum atomic E-state index is 13.0. The molecule has 0 bridgehead atoms. The fourth-order valence-corrected chi connectivity index (χ4v) is 4.68. The van der Waals surface area contributed by atoms with E-state index in [-0.39, 0.29) is 29.8 Å². The van der Waals surface area contributed by atoms with Crippen molar-refractivity contribution in [1.29, 1.82) is 0 Å². The third kappa shape index (κ3) is 6.51. The Morgan fingerprint density at radius 3 is 2.48 bits per heavy atom. The summed E-state index contributed by atoms with van der Waals surface area (Å²) in [6.07, 6.45) is 5.17. The Morgan fingerprint density at radius 2 is 1.93 bits per heavy atom. The first-order chi connectivity index (χ1) is 13.5. The summed E-state index contributed by atoms with van der Waals surface area (Å²) in [5.74, 6) is -0.298. The van der Waals surface area contributed by atoms with Crippen molar-refractivity contribution in [1.82, 2.24) is 9.88 Å². The van der Waals surface area contributed by atoms with Gasteiger partial charge in [0.05, 0.1) is 4.53 Å². The van der Waals surface area contributed by atoms with Gasteiger partial charge in [0.15, 0.2) is 5.78 Å². The van der Waals surface area contributed by atoms with Gasteiger partial charge < -0.3 is 5.32 Å². The molecule has 1 amide bonds. The van der Waals surface area contributed by atoms with Crippen molar-refractivity contribution in [2.45, 2.75) is 67.0 Å². The van der Waals surface area contributed by atoms with Gasteiger partial charge in [-0.05, 0) is 38.5 Å². The zero-order valence-corrected chi connectivity index (χ0v) is 19.6. The van der Waals surface area contributed by atoms with E-state index < -0.39 is 5.41 Å². The number of rotatable bonds is 7. The van der Waals surface area contributed by atoms with Crippen LogP contribution in [-0.2, 0) is 16.1 Å². The quantitative estimate of drug-likeness (QED) is 0.729. The number of nitrogens with zero attached hydrogens (tertiary/aromatic N) is 1. The predicted molar refractivity (Wildman–Crippen MR) is 122 cm³/mol. The van der Waals surface area contributed by atoms with Gasteiger partial charge in [-0.3, -0.25) is 19.0 Å². The number of amides is 1. The Bertz CT molecular complexity index is 1050. The minimum absolute atomic E-state index is 0.0469. The highest BCUT2D eigenvalue weighted by molar-refractivity contribution is 7.13. The molecule has 0 fully saturated rings. The summed E-state index contributed by atoms with van der Waals surface area (Å²) in [4.78, 5) is 40.2. The standard InChI is InChI=1S/C22H30N2O3S2/c1-7-8-14(2)23-19(26)13-24-20(12-18(25)22(4,5)6)29-17(21(24)27)11-16-10-9-15(3)28-16/h9-12,14H,7-8,13H2,1-6H3,(H,23,26)/b17-11+,20-12-. The first-order valence-corrected chi connectivity index (χ1v) is 11.5. The van der Waals surface area contributed by atoms with Gasteiger partial charge in [-0.15, -0.1) is 22.7 Å². The molecule has 0 aliphatic carbocycles. The molecule has 2 aromatic heterocycles. The van der Waals surface area contributed by atoms with Crippen molar-refractivity contribution in [3.05, 3.63) is 41.4 Å². The van der Waals surface area contributed by atoms with E-state index in [1.54, 1.807) is 11.3 Å². The number of Topliss-reactive ketones (excluding diaryl/α,β-unsaturated/α-hetero) is 1. The van der Waals surface area contributed by atoms with Gasteiger partial charge in [-0.1, -0.05) is 34.1 Å². The summed E-state index contributed by atoms with van der Waals surface area (Å²) in [5.41, 5.74) is -0.801. The number of nitrogens with one attached hydrogen (secondary N) is 1. The van der Waals surface area contributed by atoms with Crippen molar-refractivity contribution in [3.8, 4) is 0 Å². The molecule has 1 atom stereocenters. The van der Waals surface area contributed by atoms with Crippen LogP contribution in [-0.4, -0.2) is 22.3 Å². The van der Waals surface area contributed by atoms with Crippen LogP contribution in [0.25, 0.3) is 12.2 Å². The van der Waals surface area contributed by atoms with Gasteiger partial charge in [0.1, 0.15) is 11.2 Å². The van der Waals surface area contributed by atoms with Gasteiger partial charge in [0, 0.05) is 27.3 Å². The zero-order chi connectivity index (χ0) is 21.8. The SMILES string of the molecule is CCCC(C)NC(=O)Cn1c(=O)/c(=C\c2ccc(C)s2)s/c1=C\C(=O)C(C)(C)C. The molecule has 0 aromatic carbocycles. The van der Waals surface area contributed by atoms with Crippen molar-refractivity contribution in [2.75, 3.05) is 0 Å². The minimum atomic E-state index is -0.558. The second kappa shape index (κ2) is 9.67. The first kappa shape index (κ1) is 23.3. The Labute approximate surface area is 179 Å². The van der Waals surface area contributed by atoms with Crippen LogP contribution in [0.4, 0.5) is 0 Å². The van der Waals surface area contributed by atoms with E-state index in [9.17, 15) is 14.4 Å². The molecule has 2 rings (SSSR count). The molecule has 2 aromatic rings. The Hall–Kier alpha value is -1.99. The lowest BCUT2D eigenvalue weighted by Gasteiger charge is -2.14. The lowest BCUT2D eigenvalue weighted by Crippen LogP contribution is -2.41. The molecule has 0 radical (unpaired) electrons. The van der Waals surface area contributed by atoms with E-state index in [0.29, 0.717) is 9.20 Å². The smallest absolute Gasteiger partial charge is 0.269 e. The maximum Gasteiger partial charge on any atom is 0.269 e. The largest absolute Gasteiger partial charge is 0.352 e. The monoisotopic (exact) mass is 434 g/mol. The highest BCUT2D eigenvalue weighted by Crippen LogP contribution is 2.16. The van der Waals surface area contributed by atoms with Crippen LogP contribution in [0.2, 0.25) is 0 Å². The fraction of sp³-hybridized carbons (Fsp3) is 0.500. The molecular weight excluding hydrogens is 404 g/mol. The van der Waals surface area contributed by atoms with Gasteiger partial charge in [-0.2, -0.15) is 0 Å². The molecule has 0 aliphatic heterocycles. The molecule has 29 heavy (non-hydrogen) atoms. The molecule has 0 saturated heterocycles. The van der Waals surface area contributed by atoms with E-state index >= 15 is 0 Å². The van der Waals surface area contributed by atoms with Gasteiger partial charge >= 0.3 is 0 Å². The Balaban J connectivity index is 2.51. The van der Waals surface area contributed by atoms with Crippen LogP contribution in [0.1, 0.15) is 57.2 Å². The summed E-state index contributed by atoms with van der Waals surface area (Å²) in [7, 11) is 0. The summed E-state index contributed by atoms with van der Waals surface area (Å²) in [6, 6.07) is 4.01. The van der Waals surface area contributed by atoms with Crippen LogP contribution in [0.15, 0.2) is 16.9 Å². The highest BCUT2D eigenvalue weighted by atomic mass is 32.1. The average Bonchev–Trinajstić information content (AvgIpc) is 3.13. The van der Waals surface area contributed by atoms with Crippen LogP contribution in [0.5, 0.6) is 0 Å². The van der Waals surface area contributed by atoms with E-state index in [4.69, 9.17) is 0 Å². The molecule has 5 nitrogen and oxygen atoms in total. The zero-order valence-electron chi connectivity index (χ0n) is 18.0. The number of carbonyl (C=O) groups excluding carboxylic acids is 2. The second-order valence-electron chi connectivity index (χ2n) is 8.30. The maximum absolute atomic E-state index is 13.0. The summed E-state index contributed by atoms with van der Waals surface area (Å²) in [6.45, 7) is 11.4. The lowest BCUT2D eigenvalue weighted by molar-refractivity contribution is -0.122. The molecule has 0 aliphatic rings. The third-order valence-electron chi connectivity index (χ3n) is 4.40. The summed E-state index contributed by atoms with van der Waals surface area (Å²) in [5, 5.41) is 2.93. The average molecular weight is 435 g/mol.